The molecular weight excluding hydrogens is 326 g/mol. The van der Waals surface area contributed by atoms with Gasteiger partial charge in [0.05, 0.1) is 18.8 Å². The largest absolute Gasteiger partial charge is 0.493 e. The molecule has 0 bridgehead atoms. The van der Waals surface area contributed by atoms with Gasteiger partial charge >= 0.3 is 0 Å². The van der Waals surface area contributed by atoms with E-state index < -0.39 is 0 Å². The summed E-state index contributed by atoms with van der Waals surface area (Å²) in [5, 5.41) is 0. The van der Waals surface area contributed by atoms with Crippen LogP contribution < -0.4 is 19.6 Å². The Hall–Kier alpha value is -2.93. The molecule has 0 aliphatic heterocycles. The molecule has 0 atom stereocenters. The average Bonchev–Trinajstić information content (AvgIpc) is 3.11. The Morgan fingerprint density at radius 3 is 2.79 bits per heavy atom. The van der Waals surface area contributed by atoms with Crippen molar-refractivity contribution in [1.82, 2.24) is 14.4 Å². The van der Waals surface area contributed by atoms with Crippen LogP contribution in [0, 0.1) is 0 Å². The van der Waals surface area contributed by atoms with E-state index in [1.165, 1.54) is 11.3 Å². The molecule has 0 saturated carbocycles. The van der Waals surface area contributed by atoms with Crippen LogP contribution >= 0.6 is 11.3 Å². The van der Waals surface area contributed by atoms with E-state index in [1.54, 1.807) is 30.9 Å². The number of aromatic nitrogens is 3. The number of pyridine rings is 1. The van der Waals surface area contributed by atoms with Gasteiger partial charge in [0.25, 0.3) is 5.56 Å². The van der Waals surface area contributed by atoms with Crippen molar-refractivity contribution in [3.05, 3.63) is 57.0 Å². The fraction of sp³-hybridized carbons (Fsp3) is 0.118. The van der Waals surface area contributed by atoms with Gasteiger partial charge in [-0.25, -0.2) is 14.4 Å². The molecule has 4 aromatic rings. The molecule has 0 aliphatic rings. The summed E-state index contributed by atoms with van der Waals surface area (Å²) in [5.74, 6) is 1.26. The van der Waals surface area contributed by atoms with Crippen LogP contribution in [0.5, 0.6) is 11.5 Å². The summed E-state index contributed by atoms with van der Waals surface area (Å²) in [4.78, 5) is 22.0. The van der Waals surface area contributed by atoms with E-state index in [-0.39, 0.29) is 5.56 Å². The molecule has 3 heterocycles. The highest BCUT2D eigenvalue weighted by Crippen LogP contribution is 2.27. The molecule has 0 saturated heterocycles. The minimum absolute atomic E-state index is 0.119. The topological polar surface area (TPSA) is 65.7 Å². The number of imidazole rings is 1. The molecule has 0 amide bonds. The van der Waals surface area contributed by atoms with Crippen molar-refractivity contribution in [3.63, 3.8) is 0 Å². The number of hydrogen-bond donors (Lipinski definition) is 0. The zero-order valence-corrected chi connectivity index (χ0v) is 13.8. The predicted molar refractivity (Wildman–Crippen MR) is 93.0 cm³/mol. The molecule has 0 N–H and O–H groups in total. The zero-order valence-electron chi connectivity index (χ0n) is 13.0. The van der Waals surface area contributed by atoms with Gasteiger partial charge in [0, 0.05) is 6.20 Å². The average molecular weight is 339 g/mol. The van der Waals surface area contributed by atoms with Crippen LogP contribution in [0.3, 0.4) is 0 Å². The van der Waals surface area contributed by atoms with Crippen molar-refractivity contribution in [2.24, 2.45) is 0 Å². The maximum Gasteiger partial charge on any atom is 0.276 e. The number of thiazole rings is 1. The molecule has 3 aromatic heterocycles. The molecule has 0 unspecified atom stereocenters. The van der Waals surface area contributed by atoms with E-state index in [2.05, 4.69) is 9.97 Å². The number of methoxy groups -OCH3 is 2. The van der Waals surface area contributed by atoms with Crippen molar-refractivity contribution >= 4 is 33.5 Å². The number of rotatable bonds is 3. The summed E-state index contributed by atoms with van der Waals surface area (Å²) in [6, 6.07) is 9.17. The van der Waals surface area contributed by atoms with Gasteiger partial charge in [0.15, 0.2) is 22.1 Å². The molecule has 6 nitrogen and oxygen atoms in total. The third kappa shape index (κ3) is 2.21. The van der Waals surface area contributed by atoms with E-state index in [1.807, 2.05) is 30.3 Å². The Morgan fingerprint density at radius 1 is 1.17 bits per heavy atom. The quantitative estimate of drug-likeness (QED) is 0.570. The lowest BCUT2D eigenvalue weighted by Crippen LogP contribution is -2.22. The minimum Gasteiger partial charge on any atom is -0.493 e. The maximum atomic E-state index is 12.7. The van der Waals surface area contributed by atoms with Crippen LogP contribution in [0.1, 0.15) is 5.56 Å². The van der Waals surface area contributed by atoms with Gasteiger partial charge in [-0.05, 0) is 35.9 Å². The van der Waals surface area contributed by atoms with Crippen LogP contribution in [0.2, 0.25) is 0 Å². The van der Waals surface area contributed by atoms with Gasteiger partial charge in [-0.2, -0.15) is 0 Å². The van der Waals surface area contributed by atoms with Gasteiger partial charge in [-0.3, -0.25) is 4.79 Å². The highest BCUT2D eigenvalue weighted by Gasteiger charge is 2.12. The summed E-state index contributed by atoms with van der Waals surface area (Å²) in [6.45, 7) is 0. The fourth-order valence-electron chi connectivity index (χ4n) is 2.58. The van der Waals surface area contributed by atoms with Gasteiger partial charge in [0.1, 0.15) is 5.52 Å². The van der Waals surface area contributed by atoms with E-state index in [0.29, 0.717) is 26.6 Å². The van der Waals surface area contributed by atoms with Crippen molar-refractivity contribution in [2.45, 2.75) is 0 Å². The first-order valence-corrected chi connectivity index (χ1v) is 8.02. The van der Waals surface area contributed by atoms with Crippen molar-refractivity contribution in [2.75, 3.05) is 14.2 Å². The normalized spacial score (nSPS) is 12.2. The highest BCUT2D eigenvalue weighted by molar-refractivity contribution is 7.15. The first-order chi connectivity index (χ1) is 11.7. The summed E-state index contributed by atoms with van der Waals surface area (Å²) in [5.41, 5.74) is 2.04. The second-order valence-corrected chi connectivity index (χ2v) is 6.12. The van der Waals surface area contributed by atoms with Crippen LogP contribution in [0.4, 0.5) is 0 Å². The monoisotopic (exact) mass is 339 g/mol. The number of nitrogens with zero attached hydrogens (tertiary/aromatic N) is 3. The van der Waals surface area contributed by atoms with Crippen molar-refractivity contribution < 1.29 is 9.47 Å². The number of benzene rings is 1. The van der Waals surface area contributed by atoms with Gasteiger partial charge < -0.3 is 9.47 Å². The van der Waals surface area contributed by atoms with Crippen molar-refractivity contribution in [3.8, 4) is 11.5 Å². The van der Waals surface area contributed by atoms with Crippen LogP contribution in [-0.4, -0.2) is 28.6 Å². The van der Waals surface area contributed by atoms with E-state index in [9.17, 15) is 4.79 Å². The van der Waals surface area contributed by atoms with Crippen LogP contribution in [0.15, 0.2) is 41.3 Å². The SMILES string of the molecule is COc1ccc(/C=c2\sc3nc4cccnc4n3c2=O)cc1OC. The van der Waals surface area contributed by atoms with E-state index in [4.69, 9.17) is 9.47 Å². The summed E-state index contributed by atoms with van der Waals surface area (Å²) < 4.78 is 12.7. The Bertz CT molecular complexity index is 1160. The maximum absolute atomic E-state index is 12.7. The fourth-order valence-corrected chi connectivity index (χ4v) is 3.56. The van der Waals surface area contributed by atoms with Crippen LogP contribution in [-0.2, 0) is 0 Å². The molecule has 0 aliphatic carbocycles. The Balaban J connectivity index is 1.92. The lowest BCUT2D eigenvalue weighted by molar-refractivity contribution is 0.355. The molecule has 24 heavy (non-hydrogen) atoms. The lowest BCUT2D eigenvalue weighted by Gasteiger charge is -2.07. The van der Waals surface area contributed by atoms with Gasteiger partial charge in [-0.1, -0.05) is 17.4 Å². The Labute approximate surface area is 140 Å². The molecule has 0 fully saturated rings. The number of hydrogen-bond acceptors (Lipinski definition) is 6. The first-order valence-electron chi connectivity index (χ1n) is 7.21. The predicted octanol–water partition coefficient (Wildman–Crippen LogP) is 1.87. The number of ether oxygens (including phenoxy) is 2. The number of fused-ring (bicyclic) bond motifs is 3. The minimum atomic E-state index is -0.119. The third-order valence-corrected chi connectivity index (χ3v) is 4.67. The summed E-state index contributed by atoms with van der Waals surface area (Å²) in [6.07, 6.45) is 3.48. The first kappa shape index (κ1) is 14.6. The third-order valence-electron chi connectivity index (χ3n) is 3.71. The summed E-state index contributed by atoms with van der Waals surface area (Å²) >= 11 is 1.34. The second-order valence-electron chi connectivity index (χ2n) is 5.11. The standard InChI is InChI=1S/C17H13N3O3S/c1-22-12-6-5-10(8-13(12)23-2)9-14-16(21)20-15-11(4-3-7-18-15)19-17(20)24-14/h3-9H,1-2H3/b14-9-. The van der Waals surface area contributed by atoms with Gasteiger partial charge in [-0.15, -0.1) is 0 Å². The molecule has 4 rings (SSSR count). The Kier molecular flexibility index (Phi) is 3.42. The molecule has 7 heteroatoms. The molecular formula is C17H13N3O3S. The Morgan fingerprint density at radius 2 is 2.00 bits per heavy atom. The zero-order chi connectivity index (χ0) is 16.7. The molecule has 1 aromatic carbocycles. The second kappa shape index (κ2) is 5.61. The van der Waals surface area contributed by atoms with Crippen molar-refractivity contribution in [1.29, 1.82) is 0 Å². The summed E-state index contributed by atoms with van der Waals surface area (Å²) in [7, 11) is 3.17. The van der Waals surface area contributed by atoms with Gasteiger partial charge in [0.2, 0.25) is 0 Å². The smallest absolute Gasteiger partial charge is 0.276 e. The molecule has 0 radical (unpaired) electrons. The van der Waals surface area contributed by atoms with E-state index >= 15 is 0 Å². The lowest BCUT2D eigenvalue weighted by atomic mass is 10.2. The van der Waals surface area contributed by atoms with Crippen LogP contribution in [0.25, 0.3) is 22.2 Å². The molecule has 0 spiro atoms. The highest BCUT2D eigenvalue weighted by atomic mass is 32.1. The van der Waals surface area contributed by atoms with E-state index in [0.717, 1.165) is 11.1 Å². The molecule has 120 valence electrons.